The van der Waals surface area contributed by atoms with Crippen molar-refractivity contribution >= 4 is 11.8 Å². The summed E-state index contributed by atoms with van der Waals surface area (Å²) in [6, 6.07) is 9.24. The summed E-state index contributed by atoms with van der Waals surface area (Å²) in [5, 5.41) is 0. The van der Waals surface area contributed by atoms with Gasteiger partial charge in [0.25, 0.3) is 0 Å². The summed E-state index contributed by atoms with van der Waals surface area (Å²) in [4.78, 5) is 3.73. The van der Waals surface area contributed by atoms with Crippen LogP contribution in [-0.2, 0) is 6.54 Å². The molecule has 2 nitrogen and oxygen atoms in total. The molecule has 0 saturated heterocycles. The summed E-state index contributed by atoms with van der Waals surface area (Å²) in [6.07, 6.45) is 2.29. The Labute approximate surface area is 116 Å². The lowest BCUT2D eigenvalue weighted by molar-refractivity contribution is 0.315. The van der Waals surface area contributed by atoms with E-state index in [0.29, 0.717) is 6.04 Å². The van der Waals surface area contributed by atoms with Gasteiger partial charge in [-0.3, -0.25) is 0 Å². The van der Waals surface area contributed by atoms with Crippen LogP contribution in [0.5, 0.6) is 0 Å². The van der Waals surface area contributed by atoms with E-state index in [4.69, 9.17) is 5.73 Å². The maximum Gasteiger partial charge on any atom is 0.0230 e. The molecular weight excluding hydrogens is 240 g/mol. The first-order valence-corrected chi connectivity index (χ1v) is 7.76. The summed E-state index contributed by atoms with van der Waals surface area (Å²) in [5.41, 5.74) is 7.14. The maximum absolute atomic E-state index is 5.76. The number of hydrogen-bond acceptors (Lipinski definition) is 3. The van der Waals surface area contributed by atoms with Crippen LogP contribution < -0.4 is 5.73 Å². The number of rotatable bonds is 8. The van der Waals surface area contributed by atoms with Gasteiger partial charge in [0.2, 0.25) is 0 Å². The molecule has 0 amide bonds. The molecule has 0 heterocycles. The van der Waals surface area contributed by atoms with Gasteiger partial charge in [-0.25, -0.2) is 0 Å². The smallest absolute Gasteiger partial charge is 0.0230 e. The Bertz CT molecular complexity index is 322. The fraction of sp³-hybridized carbons (Fsp3) is 0.600. The quantitative estimate of drug-likeness (QED) is 0.732. The monoisotopic (exact) mass is 266 g/mol. The van der Waals surface area contributed by atoms with Crippen molar-refractivity contribution in [2.24, 2.45) is 5.73 Å². The lowest BCUT2D eigenvalue weighted by Crippen LogP contribution is -2.22. The van der Waals surface area contributed by atoms with Gasteiger partial charge in [0.1, 0.15) is 0 Å². The molecule has 0 aliphatic heterocycles. The van der Waals surface area contributed by atoms with Gasteiger partial charge < -0.3 is 10.6 Å². The third-order valence-corrected chi connectivity index (χ3v) is 3.78. The predicted molar refractivity (Wildman–Crippen MR) is 82.1 cm³/mol. The predicted octanol–water partition coefficient (Wildman–Crippen LogP) is 3.36. The van der Waals surface area contributed by atoms with Gasteiger partial charge in [-0.2, -0.15) is 0 Å². The molecule has 0 saturated carbocycles. The van der Waals surface area contributed by atoms with E-state index in [0.717, 1.165) is 25.3 Å². The second-order valence-corrected chi connectivity index (χ2v) is 6.27. The van der Waals surface area contributed by atoms with Crippen molar-refractivity contribution in [3.8, 4) is 0 Å². The summed E-state index contributed by atoms with van der Waals surface area (Å²) in [5.74, 6) is 1.14. The molecule has 18 heavy (non-hydrogen) atoms. The highest BCUT2D eigenvalue weighted by atomic mass is 32.2. The summed E-state index contributed by atoms with van der Waals surface area (Å²) in [7, 11) is 2.18. The molecule has 1 atom stereocenters. The second kappa shape index (κ2) is 8.57. The topological polar surface area (TPSA) is 29.3 Å². The highest BCUT2D eigenvalue weighted by Gasteiger charge is 2.02. The molecule has 0 bridgehead atoms. The van der Waals surface area contributed by atoms with Crippen molar-refractivity contribution in [1.29, 1.82) is 0 Å². The zero-order valence-corrected chi connectivity index (χ0v) is 12.7. The fourth-order valence-electron chi connectivity index (χ4n) is 1.93. The summed E-state index contributed by atoms with van der Waals surface area (Å²) >= 11 is 1.89. The third kappa shape index (κ3) is 6.43. The van der Waals surface area contributed by atoms with Crippen LogP contribution in [0.4, 0.5) is 0 Å². The maximum atomic E-state index is 5.76. The first-order chi connectivity index (χ1) is 8.61. The zero-order chi connectivity index (χ0) is 13.4. The molecule has 1 rings (SSSR count). The minimum absolute atomic E-state index is 0.323. The Morgan fingerprint density at radius 3 is 2.50 bits per heavy atom. The summed E-state index contributed by atoms with van der Waals surface area (Å²) < 4.78 is 0. The first-order valence-electron chi connectivity index (χ1n) is 6.77. The number of thioether (sulfide) groups is 1. The molecular formula is C15H26N2S. The highest BCUT2D eigenvalue weighted by Crippen LogP contribution is 2.18. The first kappa shape index (κ1) is 15.5. The van der Waals surface area contributed by atoms with Crippen molar-refractivity contribution in [2.45, 2.75) is 44.2 Å². The van der Waals surface area contributed by atoms with Gasteiger partial charge in [-0.1, -0.05) is 19.1 Å². The molecule has 0 aromatic heterocycles. The number of benzene rings is 1. The van der Waals surface area contributed by atoms with E-state index in [-0.39, 0.29) is 0 Å². The molecule has 0 spiro atoms. The van der Waals surface area contributed by atoms with Crippen LogP contribution in [0.15, 0.2) is 29.2 Å². The zero-order valence-electron chi connectivity index (χ0n) is 11.9. The number of nitrogens with two attached hydrogens (primary N) is 1. The minimum atomic E-state index is 0.323. The minimum Gasteiger partial charge on any atom is -0.328 e. The van der Waals surface area contributed by atoms with E-state index in [1.165, 1.54) is 16.9 Å². The van der Waals surface area contributed by atoms with E-state index < -0.39 is 0 Å². The second-order valence-electron chi connectivity index (χ2n) is 4.93. The highest BCUT2D eigenvalue weighted by molar-refractivity contribution is 7.99. The van der Waals surface area contributed by atoms with Crippen LogP contribution in [0.1, 0.15) is 32.3 Å². The van der Waals surface area contributed by atoms with Gasteiger partial charge in [0.05, 0.1) is 0 Å². The van der Waals surface area contributed by atoms with Crippen LogP contribution in [0.3, 0.4) is 0 Å². The van der Waals surface area contributed by atoms with Crippen molar-refractivity contribution in [2.75, 3.05) is 19.3 Å². The number of hydrogen-bond donors (Lipinski definition) is 1. The van der Waals surface area contributed by atoms with Gasteiger partial charge >= 0.3 is 0 Å². The number of nitrogens with zero attached hydrogens (tertiary/aromatic N) is 1. The standard InChI is InChI=1S/C15H26N2S/c1-4-18-15-9-7-14(8-10-15)12-17(3)11-5-6-13(2)16/h7-10,13H,4-6,11-12,16H2,1-3H3. The van der Waals surface area contributed by atoms with E-state index in [9.17, 15) is 0 Å². The lowest BCUT2D eigenvalue weighted by Gasteiger charge is -2.17. The average Bonchev–Trinajstić information content (AvgIpc) is 2.31. The van der Waals surface area contributed by atoms with Gasteiger partial charge in [-0.05, 0) is 56.8 Å². The normalized spacial score (nSPS) is 12.9. The van der Waals surface area contributed by atoms with E-state index >= 15 is 0 Å². The largest absolute Gasteiger partial charge is 0.328 e. The van der Waals surface area contributed by atoms with Crippen molar-refractivity contribution in [3.63, 3.8) is 0 Å². The van der Waals surface area contributed by atoms with Crippen LogP contribution in [-0.4, -0.2) is 30.3 Å². The Balaban J connectivity index is 2.32. The molecule has 0 fully saturated rings. The Hall–Kier alpha value is -0.510. The van der Waals surface area contributed by atoms with Crippen LogP contribution in [0, 0.1) is 0 Å². The Morgan fingerprint density at radius 1 is 1.28 bits per heavy atom. The molecule has 102 valence electrons. The average molecular weight is 266 g/mol. The molecule has 1 unspecified atom stereocenters. The van der Waals surface area contributed by atoms with Gasteiger partial charge in [-0.15, -0.1) is 11.8 Å². The van der Waals surface area contributed by atoms with Crippen molar-refractivity contribution < 1.29 is 0 Å². The van der Waals surface area contributed by atoms with Crippen LogP contribution in [0.25, 0.3) is 0 Å². The van der Waals surface area contributed by atoms with Crippen LogP contribution in [0.2, 0.25) is 0 Å². The van der Waals surface area contributed by atoms with Gasteiger partial charge in [0.15, 0.2) is 0 Å². The molecule has 0 radical (unpaired) electrons. The van der Waals surface area contributed by atoms with E-state index in [1.807, 2.05) is 11.8 Å². The fourth-order valence-corrected chi connectivity index (χ4v) is 2.59. The summed E-state index contributed by atoms with van der Waals surface area (Å²) in [6.45, 7) is 6.40. The van der Waals surface area contributed by atoms with Gasteiger partial charge in [0, 0.05) is 17.5 Å². The van der Waals surface area contributed by atoms with Crippen molar-refractivity contribution in [1.82, 2.24) is 4.90 Å². The van der Waals surface area contributed by atoms with Crippen molar-refractivity contribution in [3.05, 3.63) is 29.8 Å². The molecule has 1 aromatic carbocycles. The van der Waals surface area contributed by atoms with E-state index in [1.54, 1.807) is 0 Å². The Morgan fingerprint density at radius 2 is 1.94 bits per heavy atom. The molecule has 2 N–H and O–H groups in total. The SMILES string of the molecule is CCSc1ccc(CN(C)CCCC(C)N)cc1. The third-order valence-electron chi connectivity index (χ3n) is 2.89. The van der Waals surface area contributed by atoms with Crippen LogP contribution >= 0.6 is 11.8 Å². The molecule has 3 heteroatoms. The van der Waals surface area contributed by atoms with E-state index in [2.05, 4.69) is 50.1 Å². The molecule has 0 aliphatic carbocycles. The molecule has 0 aliphatic rings. The Kier molecular flexibility index (Phi) is 7.40. The molecule has 1 aromatic rings. The lowest BCUT2D eigenvalue weighted by atomic mass is 10.2.